The van der Waals surface area contributed by atoms with E-state index in [0.29, 0.717) is 0 Å². The molecule has 0 heterocycles. The molecule has 0 radical (unpaired) electrons. The van der Waals surface area contributed by atoms with Gasteiger partial charge < -0.3 is 5.73 Å². The van der Waals surface area contributed by atoms with E-state index in [-0.39, 0.29) is 6.04 Å². The number of hydrogen-bond acceptors (Lipinski definition) is 2. The topological polar surface area (TPSA) is 49.8 Å². The van der Waals surface area contributed by atoms with Crippen molar-refractivity contribution in [3.8, 4) is 50.6 Å². The second-order valence-electron chi connectivity index (χ2n) is 11.5. The lowest BCUT2D eigenvalue weighted by Gasteiger charge is -2.46. The first-order valence-corrected chi connectivity index (χ1v) is 14.4. The Labute approximate surface area is 245 Å². The predicted molar refractivity (Wildman–Crippen MR) is 173 cm³/mol. The minimum Gasteiger partial charge on any atom is -0.327 e. The molecule has 41 heavy (non-hydrogen) atoms. The third-order valence-corrected chi connectivity index (χ3v) is 8.80. The Bertz CT molecular complexity index is 1690. The van der Waals surface area contributed by atoms with Crippen molar-refractivity contribution in [2.75, 3.05) is 0 Å². The van der Waals surface area contributed by atoms with E-state index in [0.717, 1.165) is 23.1 Å². The van der Waals surface area contributed by atoms with Gasteiger partial charge in [0, 0.05) is 11.5 Å². The molecule has 5 aromatic carbocycles. The standard InChI is InChI=1S/C39H38N2/c1-5-39(28(2)41,38(3,4)27-40)37-22-12-21-36(26-37)35-20-11-19-34(25-35)33-18-10-17-32(24-33)31-16-9-15-30(23-31)29-13-7-6-8-14-29/h6-26,28H,5,41H2,1-4H3. The van der Waals surface area contributed by atoms with Crippen LogP contribution in [0, 0.1) is 16.7 Å². The van der Waals surface area contributed by atoms with Crippen molar-refractivity contribution < 1.29 is 0 Å². The Morgan fingerprint density at radius 2 is 0.951 bits per heavy atom. The van der Waals surface area contributed by atoms with Gasteiger partial charge in [0.25, 0.3) is 0 Å². The van der Waals surface area contributed by atoms with E-state index < -0.39 is 10.8 Å². The molecule has 0 amide bonds. The van der Waals surface area contributed by atoms with Gasteiger partial charge in [-0.2, -0.15) is 5.26 Å². The molecule has 0 aliphatic carbocycles. The fourth-order valence-corrected chi connectivity index (χ4v) is 6.50. The van der Waals surface area contributed by atoms with E-state index in [4.69, 9.17) is 5.73 Å². The summed E-state index contributed by atoms with van der Waals surface area (Å²) in [7, 11) is 0. The smallest absolute Gasteiger partial charge is 0.0693 e. The first kappa shape index (κ1) is 28.1. The van der Waals surface area contributed by atoms with Crippen molar-refractivity contribution >= 4 is 0 Å². The Morgan fingerprint density at radius 3 is 1.34 bits per heavy atom. The number of nitriles is 1. The predicted octanol–water partition coefficient (Wildman–Crippen LogP) is 9.90. The van der Waals surface area contributed by atoms with Crippen molar-refractivity contribution in [3.63, 3.8) is 0 Å². The van der Waals surface area contributed by atoms with E-state index in [1.807, 2.05) is 26.8 Å². The summed E-state index contributed by atoms with van der Waals surface area (Å²) in [5, 5.41) is 10.1. The fraction of sp³-hybridized carbons (Fsp3) is 0.205. The van der Waals surface area contributed by atoms with Crippen molar-refractivity contribution in [1.29, 1.82) is 5.26 Å². The summed E-state index contributed by atoms with van der Waals surface area (Å²) in [6.07, 6.45) is 0.785. The third-order valence-electron chi connectivity index (χ3n) is 8.80. The fourth-order valence-electron chi connectivity index (χ4n) is 6.50. The van der Waals surface area contributed by atoms with Gasteiger partial charge in [-0.25, -0.2) is 0 Å². The number of nitrogens with two attached hydrogens (primary N) is 1. The molecule has 0 aliphatic heterocycles. The first-order chi connectivity index (χ1) is 19.8. The van der Waals surface area contributed by atoms with Crippen LogP contribution < -0.4 is 5.73 Å². The van der Waals surface area contributed by atoms with Gasteiger partial charge in [0.1, 0.15) is 0 Å². The van der Waals surface area contributed by atoms with Crippen LogP contribution in [-0.2, 0) is 5.41 Å². The monoisotopic (exact) mass is 534 g/mol. The Morgan fingerprint density at radius 1 is 0.585 bits per heavy atom. The molecule has 0 saturated carbocycles. The highest BCUT2D eigenvalue weighted by Crippen LogP contribution is 2.47. The third kappa shape index (κ3) is 5.34. The van der Waals surface area contributed by atoms with E-state index in [2.05, 4.69) is 134 Å². The molecular formula is C39H38N2. The van der Waals surface area contributed by atoms with Crippen LogP contribution in [0.4, 0.5) is 0 Å². The minimum absolute atomic E-state index is 0.174. The van der Waals surface area contributed by atoms with Crippen LogP contribution in [0.1, 0.15) is 39.7 Å². The molecule has 0 spiro atoms. The highest BCUT2D eigenvalue weighted by atomic mass is 14.7. The molecule has 2 nitrogen and oxygen atoms in total. The van der Waals surface area contributed by atoms with Gasteiger partial charge >= 0.3 is 0 Å². The molecule has 0 aliphatic rings. The average Bonchev–Trinajstić information content (AvgIpc) is 3.02. The molecule has 2 heteroatoms. The molecule has 2 atom stereocenters. The summed E-state index contributed by atoms with van der Waals surface area (Å²) < 4.78 is 0. The van der Waals surface area contributed by atoms with E-state index in [9.17, 15) is 5.26 Å². The maximum absolute atomic E-state index is 10.1. The van der Waals surface area contributed by atoms with Gasteiger partial charge in [-0.15, -0.1) is 0 Å². The zero-order chi connectivity index (χ0) is 29.0. The van der Waals surface area contributed by atoms with Crippen molar-refractivity contribution in [1.82, 2.24) is 0 Å². The lowest BCUT2D eigenvalue weighted by atomic mass is 9.57. The largest absolute Gasteiger partial charge is 0.327 e. The van der Waals surface area contributed by atoms with Crippen molar-refractivity contribution in [2.45, 2.75) is 45.6 Å². The SMILES string of the molecule is CCC(c1cccc(-c2cccc(-c3cccc(-c4cccc(-c5ccccc5)c4)c3)c2)c1)(C(C)N)C(C)(C)C#N. The molecule has 204 valence electrons. The average molecular weight is 535 g/mol. The molecule has 5 rings (SSSR count). The second-order valence-corrected chi connectivity index (χ2v) is 11.5. The van der Waals surface area contributed by atoms with Crippen LogP contribution in [0.15, 0.2) is 127 Å². The van der Waals surface area contributed by atoms with E-state index in [1.165, 1.54) is 33.4 Å². The highest BCUT2D eigenvalue weighted by Gasteiger charge is 2.48. The summed E-state index contributed by atoms with van der Waals surface area (Å²) >= 11 is 0. The Balaban J connectivity index is 1.52. The summed E-state index contributed by atoms with van der Waals surface area (Å²) in [6.45, 7) is 8.18. The molecule has 2 unspecified atom stereocenters. The van der Waals surface area contributed by atoms with Crippen LogP contribution in [0.2, 0.25) is 0 Å². The Hall–Kier alpha value is -4.45. The first-order valence-electron chi connectivity index (χ1n) is 14.4. The summed E-state index contributed by atoms with van der Waals surface area (Å²) in [4.78, 5) is 0. The van der Waals surface area contributed by atoms with Crippen LogP contribution in [0.5, 0.6) is 0 Å². The molecule has 0 aromatic heterocycles. The number of rotatable bonds is 8. The zero-order valence-electron chi connectivity index (χ0n) is 24.4. The summed E-state index contributed by atoms with van der Waals surface area (Å²) in [5.74, 6) is 0. The number of hydrogen-bond donors (Lipinski definition) is 1. The summed E-state index contributed by atoms with van der Waals surface area (Å²) in [6, 6.07) is 47.7. The Kier molecular flexibility index (Phi) is 7.93. The normalized spacial score (nSPS) is 13.7. The molecule has 2 N–H and O–H groups in total. The van der Waals surface area contributed by atoms with Gasteiger partial charge in [-0.1, -0.05) is 116 Å². The second kappa shape index (κ2) is 11.6. The quantitative estimate of drug-likeness (QED) is 0.215. The molecule has 0 fully saturated rings. The molecule has 0 saturated heterocycles. The number of nitrogens with zero attached hydrogens (tertiary/aromatic N) is 1. The molecule has 0 bridgehead atoms. The van der Waals surface area contributed by atoms with Gasteiger partial charge in [0.05, 0.1) is 11.5 Å². The summed E-state index contributed by atoms with van der Waals surface area (Å²) in [5.41, 5.74) is 16.1. The van der Waals surface area contributed by atoms with Crippen LogP contribution >= 0.6 is 0 Å². The minimum atomic E-state index is -0.616. The van der Waals surface area contributed by atoms with Crippen molar-refractivity contribution in [2.24, 2.45) is 11.1 Å². The van der Waals surface area contributed by atoms with Gasteiger partial charge in [-0.05, 0) is 95.5 Å². The van der Waals surface area contributed by atoms with Crippen LogP contribution in [-0.4, -0.2) is 6.04 Å². The zero-order valence-corrected chi connectivity index (χ0v) is 24.4. The lowest BCUT2D eigenvalue weighted by molar-refractivity contribution is 0.183. The van der Waals surface area contributed by atoms with E-state index in [1.54, 1.807) is 0 Å². The van der Waals surface area contributed by atoms with Gasteiger partial charge in [0.15, 0.2) is 0 Å². The van der Waals surface area contributed by atoms with Gasteiger partial charge in [0.2, 0.25) is 0 Å². The van der Waals surface area contributed by atoms with E-state index >= 15 is 0 Å². The van der Waals surface area contributed by atoms with Gasteiger partial charge in [-0.3, -0.25) is 0 Å². The number of benzene rings is 5. The maximum Gasteiger partial charge on any atom is 0.0693 e. The maximum atomic E-state index is 10.1. The van der Waals surface area contributed by atoms with Crippen molar-refractivity contribution in [3.05, 3.63) is 133 Å². The molecule has 5 aromatic rings. The molecular weight excluding hydrogens is 496 g/mol. The lowest BCUT2D eigenvalue weighted by Crippen LogP contribution is -2.52. The van der Waals surface area contributed by atoms with Crippen LogP contribution in [0.25, 0.3) is 44.5 Å². The van der Waals surface area contributed by atoms with Crippen LogP contribution in [0.3, 0.4) is 0 Å². The highest BCUT2D eigenvalue weighted by molar-refractivity contribution is 5.79.